The van der Waals surface area contributed by atoms with Crippen molar-refractivity contribution in [2.24, 2.45) is 0 Å². The van der Waals surface area contributed by atoms with E-state index >= 15 is 0 Å². The van der Waals surface area contributed by atoms with Crippen LogP contribution in [0.4, 0.5) is 0 Å². The monoisotopic (exact) mass is 292 g/mol. The molecule has 0 heterocycles. The van der Waals surface area contributed by atoms with E-state index in [-0.39, 0.29) is 18.6 Å². The van der Waals surface area contributed by atoms with E-state index in [0.717, 1.165) is 23.4 Å². The minimum Gasteiger partial charge on any atom is -0.483 e. The van der Waals surface area contributed by atoms with Gasteiger partial charge in [0.05, 0.1) is 0 Å². The molecule has 4 nitrogen and oxygen atoms in total. The van der Waals surface area contributed by atoms with Crippen LogP contribution in [0.25, 0.3) is 0 Å². The Labute approximate surface area is 128 Å². The van der Waals surface area contributed by atoms with E-state index in [4.69, 9.17) is 4.74 Å². The Morgan fingerprint density at radius 2 is 1.95 bits per heavy atom. The number of hydrogen-bond donors (Lipinski definition) is 1. The maximum atomic E-state index is 12.0. The fourth-order valence-corrected chi connectivity index (χ4v) is 1.90. The van der Waals surface area contributed by atoms with Crippen molar-refractivity contribution in [1.29, 1.82) is 0 Å². The molecule has 1 aromatic rings. The zero-order valence-corrected chi connectivity index (χ0v) is 14.1. The van der Waals surface area contributed by atoms with Crippen LogP contribution in [-0.4, -0.2) is 36.5 Å². The Morgan fingerprint density at radius 3 is 2.52 bits per heavy atom. The van der Waals surface area contributed by atoms with E-state index in [1.807, 2.05) is 39.0 Å². The first kappa shape index (κ1) is 17.5. The van der Waals surface area contributed by atoms with Crippen LogP contribution >= 0.6 is 0 Å². The summed E-state index contributed by atoms with van der Waals surface area (Å²) in [6.07, 6.45) is 0. The van der Waals surface area contributed by atoms with Crippen LogP contribution in [0.15, 0.2) is 18.2 Å². The molecule has 0 aromatic heterocycles. The fraction of sp³-hybridized carbons (Fsp3) is 0.588. The third-order valence-corrected chi connectivity index (χ3v) is 3.50. The van der Waals surface area contributed by atoms with Crippen LogP contribution in [0.1, 0.15) is 38.8 Å². The SMILES string of the molecule is Cc1cccc(CNC(C)C)c1OCC(=O)N(C)C(C)C. The van der Waals surface area contributed by atoms with Crippen LogP contribution in [0, 0.1) is 6.92 Å². The predicted molar refractivity (Wildman–Crippen MR) is 86.6 cm³/mol. The minimum atomic E-state index is -0.00368. The van der Waals surface area contributed by atoms with E-state index in [9.17, 15) is 4.79 Å². The summed E-state index contributed by atoms with van der Waals surface area (Å²) in [5.74, 6) is 0.812. The summed E-state index contributed by atoms with van der Waals surface area (Å²) < 4.78 is 5.80. The first-order valence-corrected chi connectivity index (χ1v) is 7.53. The molecule has 0 fully saturated rings. The summed E-state index contributed by atoms with van der Waals surface area (Å²) in [6, 6.07) is 6.65. The van der Waals surface area contributed by atoms with Crippen molar-refractivity contribution in [3.8, 4) is 5.75 Å². The zero-order chi connectivity index (χ0) is 16.0. The van der Waals surface area contributed by atoms with Gasteiger partial charge in [-0.25, -0.2) is 0 Å². The van der Waals surface area contributed by atoms with Crippen LogP contribution in [0.5, 0.6) is 5.75 Å². The summed E-state index contributed by atoms with van der Waals surface area (Å²) in [5.41, 5.74) is 2.14. The molecule has 0 aliphatic heterocycles. The van der Waals surface area contributed by atoms with Gasteiger partial charge in [0, 0.05) is 31.2 Å². The van der Waals surface area contributed by atoms with Crippen molar-refractivity contribution in [3.05, 3.63) is 29.3 Å². The Kier molecular flexibility index (Phi) is 6.69. The fourth-order valence-electron chi connectivity index (χ4n) is 1.90. The van der Waals surface area contributed by atoms with Crippen molar-refractivity contribution in [1.82, 2.24) is 10.2 Å². The molecule has 0 saturated heterocycles. The van der Waals surface area contributed by atoms with Crippen molar-refractivity contribution in [2.45, 2.75) is 53.2 Å². The molecule has 0 spiro atoms. The molecular formula is C17H28N2O2. The largest absolute Gasteiger partial charge is 0.483 e. The smallest absolute Gasteiger partial charge is 0.260 e. The van der Waals surface area contributed by atoms with Crippen molar-refractivity contribution < 1.29 is 9.53 Å². The number of aryl methyl sites for hydroxylation is 1. The summed E-state index contributed by atoms with van der Waals surface area (Å²) in [6.45, 7) is 11.0. The molecular weight excluding hydrogens is 264 g/mol. The van der Waals surface area contributed by atoms with Gasteiger partial charge in [0.25, 0.3) is 5.91 Å². The molecule has 118 valence electrons. The second kappa shape index (κ2) is 8.03. The van der Waals surface area contributed by atoms with E-state index < -0.39 is 0 Å². The average molecular weight is 292 g/mol. The summed E-state index contributed by atoms with van der Waals surface area (Å²) in [4.78, 5) is 13.7. The van der Waals surface area contributed by atoms with Crippen LogP contribution < -0.4 is 10.1 Å². The van der Waals surface area contributed by atoms with E-state index in [1.165, 1.54) is 0 Å². The Balaban J connectivity index is 2.75. The molecule has 1 aromatic carbocycles. The highest BCUT2D eigenvalue weighted by atomic mass is 16.5. The summed E-state index contributed by atoms with van der Waals surface area (Å²) >= 11 is 0. The molecule has 0 bridgehead atoms. The van der Waals surface area contributed by atoms with E-state index in [1.54, 1.807) is 11.9 Å². The van der Waals surface area contributed by atoms with Crippen molar-refractivity contribution in [2.75, 3.05) is 13.7 Å². The lowest BCUT2D eigenvalue weighted by Crippen LogP contribution is -2.36. The predicted octanol–water partition coefficient (Wildman–Crippen LogP) is 2.74. The van der Waals surface area contributed by atoms with Gasteiger partial charge < -0.3 is 15.0 Å². The standard InChI is InChI=1S/C17H28N2O2/c1-12(2)18-10-15-9-7-8-14(5)17(15)21-11-16(20)19(6)13(3)4/h7-9,12-13,18H,10-11H2,1-6H3. The molecule has 0 radical (unpaired) electrons. The number of nitrogens with zero attached hydrogens (tertiary/aromatic N) is 1. The number of amides is 1. The molecule has 1 N–H and O–H groups in total. The lowest BCUT2D eigenvalue weighted by Gasteiger charge is -2.22. The maximum Gasteiger partial charge on any atom is 0.260 e. The number of likely N-dealkylation sites (N-methyl/N-ethyl adjacent to an activating group) is 1. The summed E-state index contributed by atoms with van der Waals surface area (Å²) in [5, 5.41) is 3.38. The molecule has 4 heteroatoms. The number of carbonyl (C=O) groups excluding carboxylic acids is 1. The number of benzene rings is 1. The quantitative estimate of drug-likeness (QED) is 0.840. The first-order chi connectivity index (χ1) is 9.82. The average Bonchev–Trinajstić information content (AvgIpc) is 2.42. The maximum absolute atomic E-state index is 12.0. The minimum absolute atomic E-state index is 0.00368. The van der Waals surface area contributed by atoms with Crippen LogP contribution in [0.2, 0.25) is 0 Å². The van der Waals surface area contributed by atoms with Gasteiger partial charge in [-0.15, -0.1) is 0 Å². The molecule has 0 aliphatic rings. The topological polar surface area (TPSA) is 41.6 Å². The molecule has 1 amide bonds. The lowest BCUT2D eigenvalue weighted by molar-refractivity contribution is -0.133. The number of carbonyl (C=O) groups is 1. The number of rotatable bonds is 7. The number of hydrogen-bond acceptors (Lipinski definition) is 3. The van der Waals surface area contributed by atoms with Crippen molar-refractivity contribution in [3.63, 3.8) is 0 Å². The highest BCUT2D eigenvalue weighted by Gasteiger charge is 2.14. The normalized spacial score (nSPS) is 11.0. The molecule has 0 aliphatic carbocycles. The van der Waals surface area contributed by atoms with Gasteiger partial charge in [0.1, 0.15) is 5.75 Å². The van der Waals surface area contributed by atoms with Gasteiger partial charge in [0.2, 0.25) is 0 Å². The van der Waals surface area contributed by atoms with Gasteiger partial charge in [0.15, 0.2) is 6.61 Å². The first-order valence-electron chi connectivity index (χ1n) is 7.53. The molecule has 21 heavy (non-hydrogen) atoms. The second-order valence-corrected chi connectivity index (χ2v) is 5.99. The molecule has 0 saturated carbocycles. The van der Waals surface area contributed by atoms with Crippen LogP contribution in [0.3, 0.4) is 0 Å². The van der Waals surface area contributed by atoms with E-state index in [2.05, 4.69) is 19.2 Å². The Hall–Kier alpha value is -1.55. The van der Waals surface area contributed by atoms with Gasteiger partial charge in [-0.1, -0.05) is 32.0 Å². The highest BCUT2D eigenvalue weighted by Crippen LogP contribution is 2.23. The van der Waals surface area contributed by atoms with Crippen molar-refractivity contribution >= 4 is 5.91 Å². The number of ether oxygens (including phenoxy) is 1. The summed E-state index contributed by atoms with van der Waals surface area (Å²) in [7, 11) is 1.80. The highest BCUT2D eigenvalue weighted by molar-refractivity contribution is 5.77. The van der Waals surface area contributed by atoms with E-state index in [0.29, 0.717) is 6.04 Å². The van der Waals surface area contributed by atoms with Gasteiger partial charge >= 0.3 is 0 Å². The Morgan fingerprint density at radius 1 is 1.29 bits per heavy atom. The van der Waals surface area contributed by atoms with Gasteiger partial charge in [-0.05, 0) is 26.3 Å². The Bertz CT molecular complexity index is 470. The molecule has 0 atom stereocenters. The van der Waals surface area contributed by atoms with Crippen LogP contribution in [-0.2, 0) is 11.3 Å². The van der Waals surface area contributed by atoms with Gasteiger partial charge in [-0.2, -0.15) is 0 Å². The number of nitrogens with one attached hydrogen (secondary N) is 1. The third-order valence-electron chi connectivity index (χ3n) is 3.50. The molecule has 0 unspecified atom stereocenters. The zero-order valence-electron chi connectivity index (χ0n) is 14.1. The molecule has 1 rings (SSSR count). The second-order valence-electron chi connectivity index (χ2n) is 5.99. The lowest BCUT2D eigenvalue weighted by atomic mass is 10.1. The van der Waals surface area contributed by atoms with Gasteiger partial charge in [-0.3, -0.25) is 4.79 Å². The number of para-hydroxylation sites is 1. The third kappa shape index (κ3) is 5.38.